The van der Waals surface area contributed by atoms with Crippen LogP contribution in [-0.2, 0) is 6.54 Å². The fourth-order valence-corrected chi connectivity index (χ4v) is 1.90. The van der Waals surface area contributed by atoms with Gasteiger partial charge in [0.25, 0.3) is 0 Å². The van der Waals surface area contributed by atoms with E-state index in [-0.39, 0.29) is 24.8 Å². The van der Waals surface area contributed by atoms with Crippen molar-refractivity contribution in [1.82, 2.24) is 5.32 Å². The van der Waals surface area contributed by atoms with Crippen molar-refractivity contribution in [2.75, 3.05) is 6.61 Å². The van der Waals surface area contributed by atoms with Crippen molar-refractivity contribution >= 4 is 0 Å². The predicted octanol–water partition coefficient (Wildman–Crippen LogP) is 2.79. The molecule has 19 heavy (non-hydrogen) atoms. The van der Waals surface area contributed by atoms with Crippen molar-refractivity contribution < 1.29 is 13.9 Å². The Balaban J connectivity index is 2.09. The molecule has 1 atom stereocenters. The first-order chi connectivity index (χ1) is 9.22. The van der Waals surface area contributed by atoms with Gasteiger partial charge in [-0.2, -0.15) is 0 Å². The number of hydrogen-bond acceptors (Lipinski definition) is 2. The van der Waals surface area contributed by atoms with Gasteiger partial charge in [0.1, 0.15) is 11.6 Å². The first-order valence-electron chi connectivity index (χ1n) is 6.04. The van der Waals surface area contributed by atoms with Crippen molar-refractivity contribution in [3.05, 3.63) is 71.3 Å². The summed E-state index contributed by atoms with van der Waals surface area (Å²) >= 11 is 0. The van der Waals surface area contributed by atoms with Crippen LogP contribution in [0.5, 0.6) is 0 Å². The molecule has 2 aromatic rings. The van der Waals surface area contributed by atoms with Crippen LogP contribution in [0.15, 0.2) is 48.5 Å². The van der Waals surface area contributed by atoms with Gasteiger partial charge in [0.05, 0.1) is 12.6 Å². The van der Waals surface area contributed by atoms with Crippen LogP contribution in [0.1, 0.15) is 17.2 Å². The molecule has 0 fully saturated rings. The molecule has 0 radical (unpaired) electrons. The van der Waals surface area contributed by atoms with Gasteiger partial charge >= 0.3 is 0 Å². The van der Waals surface area contributed by atoms with Crippen LogP contribution < -0.4 is 5.32 Å². The monoisotopic (exact) mass is 263 g/mol. The molecule has 0 heterocycles. The third-order valence-corrected chi connectivity index (χ3v) is 2.97. The maximum atomic E-state index is 13.5. The zero-order valence-electron chi connectivity index (χ0n) is 10.3. The Bertz CT molecular complexity index is 511. The SMILES string of the molecule is OCC(NCc1c(F)cccc1F)c1ccccc1. The highest BCUT2D eigenvalue weighted by molar-refractivity contribution is 5.22. The molecule has 0 bridgehead atoms. The maximum Gasteiger partial charge on any atom is 0.130 e. The Labute approximate surface area is 110 Å². The average Bonchev–Trinajstić information content (AvgIpc) is 2.43. The predicted molar refractivity (Wildman–Crippen MR) is 69.5 cm³/mol. The van der Waals surface area contributed by atoms with E-state index in [1.54, 1.807) is 0 Å². The van der Waals surface area contributed by atoms with Crippen molar-refractivity contribution in [3.63, 3.8) is 0 Å². The summed E-state index contributed by atoms with van der Waals surface area (Å²) in [7, 11) is 0. The highest BCUT2D eigenvalue weighted by Gasteiger charge is 2.13. The highest BCUT2D eigenvalue weighted by atomic mass is 19.1. The summed E-state index contributed by atoms with van der Waals surface area (Å²) in [6, 6.07) is 12.7. The van der Waals surface area contributed by atoms with Crippen LogP contribution >= 0.6 is 0 Å². The Morgan fingerprint density at radius 2 is 1.58 bits per heavy atom. The Morgan fingerprint density at radius 3 is 2.16 bits per heavy atom. The molecule has 2 nitrogen and oxygen atoms in total. The van der Waals surface area contributed by atoms with Crippen LogP contribution in [0.25, 0.3) is 0 Å². The molecule has 0 spiro atoms. The number of nitrogens with one attached hydrogen (secondary N) is 1. The van der Waals surface area contributed by atoms with Gasteiger partial charge in [0, 0.05) is 12.1 Å². The summed E-state index contributed by atoms with van der Waals surface area (Å²) in [5.41, 5.74) is 0.860. The molecule has 1 unspecified atom stereocenters. The second-order valence-corrected chi connectivity index (χ2v) is 4.23. The second kappa shape index (κ2) is 6.41. The maximum absolute atomic E-state index is 13.5. The van der Waals surface area contributed by atoms with E-state index in [9.17, 15) is 13.9 Å². The van der Waals surface area contributed by atoms with E-state index in [0.29, 0.717) is 0 Å². The fraction of sp³-hybridized carbons (Fsp3) is 0.200. The van der Waals surface area contributed by atoms with E-state index in [1.165, 1.54) is 18.2 Å². The minimum Gasteiger partial charge on any atom is -0.394 e. The Hall–Kier alpha value is -1.78. The number of aliphatic hydroxyl groups excluding tert-OH is 1. The molecule has 2 N–H and O–H groups in total. The zero-order chi connectivity index (χ0) is 13.7. The Morgan fingerprint density at radius 1 is 0.947 bits per heavy atom. The van der Waals surface area contributed by atoms with Gasteiger partial charge in [0.15, 0.2) is 0 Å². The van der Waals surface area contributed by atoms with E-state index >= 15 is 0 Å². The summed E-state index contributed by atoms with van der Waals surface area (Å²) < 4.78 is 26.9. The van der Waals surface area contributed by atoms with Gasteiger partial charge in [0.2, 0.25) is 0 Å². The normalized spacial score (nSPS) is 12.4. The van der Waals surface area contributed by atoms with Crippen molar-refractivity contribution in [1.29, 1.82) is 0 Å². The first kappa shape index (κ1) is 13.6. The lowest BCUT2D eigenvalue weighted by Gasteiger charge is -2.17. The fourth-order valence-electron chi connectivity index (χ4n) is 1.90. The molecule has 0 saturated heterocycles. The van der Waals surface area contributed by atoms with Gasteiger partial charge < -0.3 is 10.4 Å². The lowest BCUT2D eigenvalue weighted by atomic mass is 10.1. The molecule has 0 aliphatic rings. The highest BCUT2D eigenvalue weighted by Crippen LogP contribution is 2.16. The molecular weight excluding hydrogens is 248 g/mol. The quantitative estimate of drug-likeness (QED) is 0.869. The van der Waals surface area contributed by atoms with E-state index in [2.05, 4.69) is 5.32 Å². The molecule has 100 valence electrons. The van der Waals surface area contributed by atoms with E-state index in [0.717, 1.165) is 5.56 Å². The topological polar surface area (TPSA) is 32.3 Å². The number of halogens is 2. The van der Waals surface area contributed by atoms with Crippen LogP contribution in [0.4, 0.5) is 8.78 Å². The van der Waals surface area contributed by atoms with Crippen LogP contribution in [0.3, 0.4) is 0 Å². The van der Waals surface area contributed by atoms with Crippen LogP contribution in [-0.4, -0.2) is 11.7 Å². The van der Waals surface area contributed by atoms with Crippen molar-refractivity contribution in [2.24, 2.45) is 0 Å². The van der Waals surface area contributed by atoms with Gasteiger partial charge in [-0.3, -0.25) is 0 Å². The van der Waals surface area contributed by atoms with Crippen molar-refractivity contribution in [3.8, 4) is 0 Å². The number of rotatable bonds is 5. The molecule has 2 rings (SSSR count). The smallest absolute Gasteiger partial charge is 0.130 e. The van der Waals surface area contributed by atoms with Gasteiger partial charge in [-0.15, -0.1) is 0 Å². The van der Waals surface area contributed by atoms with Gasteiger partial charge in [-0.25, -0.2) is 8.78 Å². The summed E-state index contributed by atoms with van der Waals surface area (Å²) in [5, 5.41) is 12.3. The van der Waals surface area contributed by atoms with Crippen molar-refractivity contribution in [2.45, 2.75) is 12.6 Å². The molecule has 0 amide bonds. The summed E-state index contributed by atoms with van der Waals surface area (Å²) in [6.45, 7) is -0.112. The molecule has 0 saturated carbocycles. The first-order valence-corrected chi connectivity index (χ1v) is 6.04. The molecular formula is C15H15F2NO. The van der Waals surface area contributed by atoms with E-state index in [4.69, 9.17) is 0 Å². The van der Waals surface area contributed by atoms with Gasteiger partial charge in [-0.05, 0) is 17.7 Å². The largest absolute Gasteiger partial charge is 0.394 e. The Kier molecular flexibility index (Phi) is 4.60. The summed E-state index contributed by atoms with van der Waals surface area (Å²) in [4.78, 5) is 0. The zero-order valence-corrected chi connectivity index (χ0v) is 10.3. The number of benzene rings is 2. The van der Waals surface area contributed by atoms with Crippen LogP contribution in [0, 0.1) is 11.6 Å². The average molecular weight is 263 g/mol. The lowest BCUT2D eigenvalue weighted by molar-refractivity contribution is 0.242. The molecule has 0 aliphatic heterocycles. The third-order valence-electron chi connectivity index (χ3n) is 2.97. The number of hydrogen-bond donors (Lipinski definition) is 2. The summed E-state index contributed by atoms with van der Waals surface area (Å²) in [5.74, 6) is -1.17. The third kappa shape index (κ3) is 3.36. The number of aliphatic hydroxyl groups is 1. The van der Waals surface area contributed by atoms with Gasteiger partial charge in [-0.1, -0.05) is 36.4 Å². The lowest BCUT2D eigenvalue weighted by Crippen LogP contribution is -2.24. The second-order valence-electron chi connectivity index (χ2n) is 4.23. The minimum absolute atomic E-state index is 0.0168. The molecule has 2 aromatic carbocycles. The minimum atomic E-state index is -0.586. The summed E-state index contributed by atoms with van der Waals surface area (Å²) in [6.07, 6.45) is 0. The van der Waals surface area contributed by atoms with E-state index in [1.807, 2.05) is 30.3 Å². The van der Waals surface area contributed by atoms with E-state index < -0.39 is 11.6 Å². The van der Waals surface area contributed by atoms with Crippen LogP contribution in [0.2, 0.25) is 0 Å². The molecule has 4 heteroatoms. The standard InChI is InChI=1S/C15H15F2NO/c16-13-7-4-8-14(17)12(13)9-18-15(10-19)11-5-2-1-3-6-11/h1-8,15,18-19H,9-10H2. The molecule has 0 aliphatic carbocycles. The molecule has 0 aromatic heterocycles.